The van der Waals surface area contributed by atoms with E-state index in [0.29, 0.717) is 41.5 Å². The highest BCUT2D eigenvalue weighted by molar-refractivity contribution is 14.1. The first-order valence-corrected chi connectivity index (χ1v) is 10.3. The van der Waals surface area contributed by atoms with Crippen molar-refractivity contribution in [2.24, 2.45) is 0 Å². The largest absolute Gasteiger partial charge is 0.384 e. The third kappa shape index (κ3) is 4.68. The molecule has 0 spiro atoms. The summed E-state index contributed by atoms with van der Waals surface area (Å²) in [6.45, 7) is 0.898. The highest BCUT2D eigenvalue weighted by atomic mass is 127. The van der Waals surface area contributed by atoms with E-state index >= 15 is 0 Å². The first kappa shape index (κ1) is 20.8. The minimum absolute atomic E-state index is 0.284. The molecule has 2 N–H and O–H groups in total. The molecule has 0 saturated carbocycles. The van der Waals surface area contributed by atoms with Crippen molar-refractivity contribution >= 4 is 28.4 Å². The number of hydrogen-bond acceptors (Lipinski definition) is 8. The third-order valence-electron chi connectivity index (χ3n) is 4.39. The van der Waals surface area contributed by atoms with Gasteiger partial charge in [0.25, 0.3) is 0 Å². The maximum Gasteiger partial charge on any atom is 0.164 e. The van der Waals surface area contributed by atoms with Crippen molar-refractivity contribution < 1.29 is 4.74 Å². The monoisotopic (exact) mass is 524 g/mol. The van der Waals surface area contributed by atoms with Crippen LogP contribution in [0, 0.1) is 14.9 Å². The molecule has 0 aliphatic heterocycles. The standard InChI is InChI=1S/C21H17IN8O/c1-31-12-15-6-3-5-14(25-15)10-30-11-18(28-29-30)17-8-19(24)27-21(26-17)20-13(9-23)4-2-7-16(20)22/h2-8,11H,10,12H2,1H3,(H2,24,26,27). The first-order valence-electron chi connectivity index (χ1n) is 9.25. The second kappa shape index (κ2) is 9.15. The summed E-state index contributed by atoms with van der Waals surface area (Å²) < 4.78 is 7.67. The molecular formula is C21H17IN8O. The van der Waals surface area contributed by atoms with E-state index in [2.05, 4.69) is 53.9 Å². The molecule has 0 radical (unpaired) electrons. The molecule has 0 aliphatic rings. The van der Waals surface area contributed by atoms with Crippen LogP contribution in [-0.4, -0.2) is 37.1 Å². The summed E-state index contributed by atoms with van der Waals surface area (Å²) in [4.78, 5) is 13.5. The fraction of sp³-hybridized carbons (Fsp3) is 0.143. The van der Waals surface area contributed by atoms with Gasteiger partial charge in [0.05, 0.1) is 53.6 Å². The Hall–Kier alpha value is -3.43. The Morgan fingerprint density at radius 1 is 1.10 bits per heavy atom. The summed E-state index contributed by atoms with van der Waals surface area (Å²) in [5.41, 5.74) is 9.92. The van der Waals surface area contributed by atoms with E-state index in [1.54, 1.807) is 30.1 Å². The number of pyridine rings is 1. The number of halogens is 1. The molecule has 0 atom stereocenters. The van der Waals surface area contributed by atoms with Crippen LogP contribution in [-0.2, 0) is 17.9 Å². The van der Waals surface area contributed by atoms with Crippen LogP contribution in [0.4, 0.5) is 5.82 Å². The maximum absolute atomic E-state index is 9.48. The Labute approximate surface area is 192 Å². The van der Waals surface area contributed by atoms with Crippen LogP contribution in [0.15, 0.2) is 48.7 Å². The zero-order valence-corrected chi connectivity index (χ0v) is 18.7. The van der Waals surface area contributed by atoms with Crippen molar-refractivity contribution in [3.63, 3.8) is 0 Å². The Morgan fingerprint density at radius 2 is 1.90 bits per heavy atom. The Bertz CT molecular complexity index is 1280. The van der Waals surface area contributed by atoms with Gasteiger partial charge in [0.1, 0.15) is 11.5 Å². The van der Waals surface area contributed by atoms with Gasteiger partial charge in [-0.2, -0.15) is 5.26 Å². The van der Waals surface area contributed by atoms with E-state index in [-0.39, 0.29) is 5.82 Å². The third-order valence-corrected chi connectivity index (χ3v) is 5.28. The molecule has 31 heavy (non-hydrogen) atoms. The second-order valence-electron chi connectivity index (χ2n) is 6.63. The molecule has 3 aromatic heterocycles. The van der Waals surface area contributed by atoms with Crippen molar-refractivity contribution in [3.8, 4) is 28.8 Å². The topological polar surface area (TPSA) is 128 Å². The predicted octanol–water partition coefficient (Wildman–Crippen LogP) is 3.05. The van der Waals surface area contributed by atoms with E-state index in [1.165, 1.54) is 0 Å². The summed E-state index contributed by atoms with van der Waals surface area (Å²) in [7, 11) is 1.63. The molecule has 0 saturated heterocycles. The van der Waals surface area contributed by atoms with Crippen molar-refractivity contribution in [3.05, 3.63) is 69.2 Å². The van der Waals surface area contributed by atoms with Gasteiger partial charge in [-0.1, -0.05) is 17.3 Å². The number of anilines is 1. The Balaban J connectivity index is 1.66. The molecule has 3 heterocycles. The molecule has 9 nitrogen and oxygen atoms in total. The summed E-state index contributed by atoms with van der Waals surface area (Å²) >= 11 is 2.16. The lowest BCUT2D eigenvalue weighted by Gasteiger charge is -2.08. The molecule has 10 heteroatoms. The van der Waals surface area contributed by atoms with Gasteiger partial charge in [0.15, 0.2) is 5.82 Å². The van der Waals surface area contributed by atoms with Crippen molar-refractivity contribution in [2.75, 3.05) is 12.8 Å². The smallest absolute Gasteiger partial charge is 0.164 e. The number of nitriles is 1. The zero-order chi connectivity index (χ0) is 21.8. The molecular weight excluding hydrogens is 507 g/mol. The fourth-order valence-corrected chi connectivity index (χ4v) is 3.80. The fourth-order valence-electron chi connectivity index (χ4n) is 3.06. The number of rotatable bonds is 6. The van der Waals surface area contributed by atoms with E-state index in [0.717, 1.165) is 15.0 Å². The molecule has 0 unspecified atom stereocenters. The average Bonchev–Trinajstić information content (AvgIpc) is 3.22. The van der Waals surface area contributed by atoms with Gasteiger partial charge in [0.2, 0.25) is 0 Å². The number of nitrogens with two attached hydrogens (primary N) is 1. The van der Waals surface area contributed by atoms with Gasteiger partial charge in [-0.15, -0.1) is 5.10 Å². The Kier molecular flexibility index (Phi) is 6.15. The lowest BCUT2D eigenvalue weighted by atomic mass is 10.1. The van der Waals surface area contributed by atoms with E-state index in [9.17, 15) is 5.26 Å². The van der Waals surface area contributed by atoms with Gasteiger partial charge >= 0.3 is 0 Å². The summed E-state index contributed by atoms with van der Waals surface area (Å²) in [5.74, 6) is 0.659. The molecule has 0 aliphatic carbocycles. The minimum atomic E-state index is 0.284. The van der Waals surface area contributed by atoms with Crippen LogP contribution in [0.2, 0.25) is 0 Å². The number of hydrogen-bond donors (Lipinski definition) is 1. The predicted molar refractivity (Wildman–Crippen MR) is 122 cm³/mol. The number of nitrogens with zero attached hydrogens (tertiary/aromatic N) is 7. The van der Waals surface area contributed by atoms with Crippen LogP contribution in [0.5, 0.6) is 0 Å². The highest BCUT2D eigenvalue weighted by Crippen LogP contribution is 2.28. The highest BCUT2D eigenvalue weighted by Gasteiger charge is 2.16. The summed E-state index contributed by atoms with van der Waals surface area (Å²) in [6.07, 6.45) is 1.78. The van der Waals surface area contributed by atoms with Crippen molar-refractivity contribution in [1.82, 2.24) is 29.9 Å². The summed E-state index contributed by atoms with van der Waals surface area (Å²) in [6, 6.07) is 15.0. The number of methoxy groups -OCH3 is 1. The maximum atomic E-state index is 9.48. The molecule has 0 amide bonds. The molecule has 154 valence electrons. The lowest BCUT2D eigenvalue weighted by molar-refractivity contribution is 0.181. The van der Waals surface area contributed by atoms with Crippen LogP contribution >= 0.6 is 22.6 Å². The van der Waals surface area contributed by atoms with Gasteiger partial charge in [-0.3, -0.25) is 4.98 Å². The minimum Gasteiger partial charge on any atom is -0.384 e. The second-order valence-corrected chi connectivity index (χ2v) is 7.79. The van der Waals surface area contributed by atoms with Crippen molar-refractivity contribution in [2.45, 2.75) is 13.2 Å². The van der Waals surface area contributed by atoms with Crippen LogP contribution < -0.4 is 5.73 Å². The summed E-state index contributed by atoms with van der Waals surface area (Å²) in [5, 5.41) is 17.9. The van der Waals surface area contributed by atoms with Gasteiger partial charge in [0, 0.05) is 16.7 Å². The molecule has 0 bridgehead atoms. The van der Waals surface area contributed by atoms with Gasteiger partial charge in [-0.25, -0.2) is 14.6 Å². The average molecular weight is 524 g/mol. The first-order chi connectivity index (χ1) is 15.1. The normalized spacial score (nSPS) is 10.7. The van der Waals surface area contributed by atoms with E-state index < -0.39 is 0 Å². The number of benzene rings is 1. The van der Waals surface area contributed by atoms with E-state index in [4.69, 9.17) is 10.5 Å². The number of ether oxygens (including phenoxy) is 1. The van der Waals surface area contributed by atoms with Crippen LogP contribution in [0.1, 0.15) is 17.0 Å². The zero-order valence-electron chi connectivity index (χ0n) is 16.5. The van der Waals surface area contributed by atoms with Crippen LogP contribution in [0.25, 0.3) is 22.8 Å². The molecule has 4 rings (SSSR count). The molecule has 4 aromatic rings. The number of aromatic nitrogens is 6. The van der Waals surface area contributed by atoms with Crippen molar-refractivity contribution in [1.29, 1.82) is 5.26 Å². The van der Waals surface area contributed by atoms with Gasteiger partial charge in [-0.05, 0) is 46.9 Å². The SMILES string of the molecule is COCc1cccc(Cn2cc(-c3cc(N)nc(-c4c(I)cccc4C#N)n3)nn2)n1. The lowest BCUT2D eigenvalue weighted by Crippen LogP contribution is -2.04. The van der Waals surface area contributed by atoms with E-state index in [1.807, 2.05) is 30.3 Å². The van der Waals surface area contributed by atoms with Gasteiger partial charge < -0.3 is 10.5 Å². The molecule has 0 fully saturated rings. The quantitative estimate of drug-likeness (QED) is 0.382. The Morgan fingerprint density at radius 3 is 2.71 bits per heavy atom. The number of nitrogen functional groups attached to an aromatic ring is 1. The van der Waals surface area contributed by atoms with Crippen LogP contribution in [0.3, 0.4) is 0 Å². The molecule has 1 aromatic carbocycles.